The van der Waals surface area contributed by atoms with Gasteiger partial charge in [-0.2, -0.15) is 20.4 Å². The molecule has 2 saturated heterocycles. The first-order chi connectivity index (χ1) is 37.7. The van der Waals surface area contributed by atoms with Crippen molar-refractivity contribution in [2.24, 2.45) is 0 Å². The Balaban J connectivity index is 0.000000155. The Bertz CT molecular complexity index is 3450. The summed E-state index contributed by atoms with van der Waals surface area (Å²) in [6, 6.07) is 38.6. The van der Waals surface area contributed by atoms with Gasteiger partial charge in [-0.3, -0.25) is 9.80 Å². The van der Waals surface area contributed by atoms with E-state index in [9.17, 15) is 5.26 Å². The van der Waals surface area contributed by atoms with Crippen molar-refractivity contribution in [1.82, 2.24) is 64.1 Å². The van der Waals surface area contributed by atoms with E-state index < -0.39 is 0 Å². The van der Waals surface area contributed by atoms with E-state index in [1.807, 2.05) is 103 Å². The second-order valence-corrected chi connectivity index (χ2v) is 21.4. The van der Waals surface area contributed by atoms with Gasteiger partial charge in [0.25, 0.3) is 6.01 Å². The minimum absolute atomic E-state index is 0.296. The van der Waals surface area contributed by atoms with E-state index in [1.54, 1.807) is 6.33 Å². The summed E-state index contributed by atoms with van der Waals surface area (Å²) in [6.07, 6.45) is 12.1. The number of rotatable bonds is 10. The number of nitriles is 1. The number of hydrogen-bond donors (Lipinski definition) is 3. The Morgan fingerprint density at radius 3 is 1.49 bits per heavy atom. The number of nitrogens with two attached hydrogens (primary N) is 2. The molecule has 9 aromatic rings. The molecule has 2 aliphatic heterocycles. The molecule has 4 aromatic carbocycles. The SMILES string of the molecule is CN1CCN([C@H]2CC[C@@H](n3nc(-c4ccc(C(C#N)c5ccccc5)cc4)c4c(N)ncnc43)CC2)CC1.CN1CCN([C@H]2CC[C@@H](n3nc(-c4ccc(Nc5nc6ccccc6o5)cc4)c4c(N)ncnc43)CC2)CC1. The van der Waals surface area contributed by atoms with Crippen molar-refractivity contribution in [3.63, 3.8) is 0 Å². The van der Waals surface area contributed by atoms with Gasteiger partial charge in [0.15, 0.2) is 16.9 Å². The largest absolute Gasteiger partial charge is 0.423 e. The number of fused-ring (bicyclic) bond motifs is 3. The second kappa shape index (κ2) is 22.0. The topological polar surface area (TPSA) is 214 Å². The van der Waals surface area contributed by atoms with Crippen LogP contribution in [0.4, 0.5) is 23.3 Å². The van der Waals surface area contributed by atoms with Crippen LogP contribution >= 0.6 is 0 Å². The lowest BCUT2D eigenvalue weighted by atomic mass is 9.90. The van der Waals surface area contributed by atoms with Gasteiger partial charge in [0.2, 0.25) is 0 Å². The Kier molecular flexibility index (Phi) is 14.3. The molecule has 5 N–H and O–H groups in total. The fourth-order valence-corrected chi connectivity index (χ4v) is 12.2. The standard InChI is InChI=1S/C30H34N8.C29H33N9O/c1-36-15-17-37(18-16-36)24-11-13-25(14-12-24)38-30-27(29(32)33-20-34-30)28(35-38)23-9-7-22(8-10-23)26(19-31)21-5-3-2-4-6-21;1-36-14-16-37(17-15-36)21-10-12-22(13-11-21)38-28-25(27(30)31-18-32-28)26(35-38)19-6-8-20(9-7-19)33-29-34-23-4-2-3-5-24(23)39-29/h2-10,20,24-26H,11-18H2,1H3,(H2,32,33,34);2-9,18,21-22H,10-17H2,1H3,(H,33,34)(H2,30,31,32)/t24-,25+,26?;21-,22+. The average Bonchev–Trinajstić information content (AvgIpc) is 4.24. The highest BCUT2D eigenvalue weighted by Crippen LogP contribution is 2.40. The van der Waals surface area contributed by atoms with Crippen LogP contribution in [-0.2, 0) is 0 Å². The van der Waals surface area contributed by atoms with E-state index in [2.05, 4.69) is 79.4 Å². The molecular weight excluding hydrogens is 963 g/mol. The van der Waals surface area contributed by atoms with Crippen molar-refractivity contribution in [3.8, 4) is 28.6 Å². The molecule has 0 bridgehead atoms. The molecule has 1 unspecified atom stereocenters. The molecule has 18 nitrogen and oxygen atoms in total. The third-order valence-electron chi connectivity index (χ3n) is 16.7. The first-order valence-corrected chi connectivity index (χ1v) is 27.3. The number of aromatic nitrogens is 9. The molecule has 13 rings (SSSR count). The third-order valence-corrected chi connectivity index (χ3v) is 16.7. The Labute approximate surface area is 448 Å². The summed E-state index contributed by atoms with van der Waals surface area (Å²) in [7, 11) is 4.42. The van der Waals surface area contributed by atoms with Gasteiger partial charge in [-0.05, 0) is 101 Å². The molecule has 0 amide bonds. The predicted octanol–water partition coefficient (Wildman–Crippen LogP) is 9.15. The van der Waals surface area contributed by atoms with Crippen molar-refractivity contribution >= 4 is 56.5 Å². The quantitative estimate of drug-likeness (QED) is 0.116. The van der Waals surface area contributed by atoms with Crippen molar-refractivity contribution < 1.29 is 4.42 Å². The molecule has 2 saturated carbocycles. The predicted molar refractivity (Wildman–Crippen MR) is 302 cm³/mol. The number of anilines is 4. The molecule has 2 aliphatic carbocycles. The Morgan fingerprint density at radius 2 is 1.00 bits per heavy atom. The summed E-state index contributed by atoms with van der Waals surface area (Å²) in [6.45, 7) is 9.29. The van der Waals surface area contributed by atoms with Crippen LogP contribution in [0.1, 0.15) is 80.5 Å². The minimum atomic E-state index is -0.316. The van der Waals surface area contributed by atoms with Crippen LogP contribution in [0.3, 0.4) is 0 Å². The third kappa shape index (κ3) is 10.4. The van der Waals surface area contributed by atoms with E-state index in [0.29, 0.717) is 41.8 Å². The van der Waals surface area contributed by atoms with Crippen molar-refractivity contribution in [3.05, 3.63) is 127 Å². The maximum absolute atomic E-state index is 9.85. The summed E-state index contributed by atoms with van der Waals surface area (Å²) in [5.74, 6) is 0.593. The van der Waals surface area contributed by atoms with Gasteiger partial charge >= 0.3 is 0 Å². The number of oxazole rings is 1. The zero-order valence-electron chi connectivity index (χ0n) is 44.0. The number of nitrogen functional groups attached to an aromatic ring is 2. The van der Waals surface area contributed by atoms with Crippen LogP contribution in [0, 0.1) is 11.3 Å². The van der Waals surface area contributed by atoms with Gasteiger partial charge in [-0.25, -0.2) is 29.3 Å². The van der Waals surface area contributed by atoms with Crippen molar-refractivity contribution in [2.45, 2.75) is 81.5 Å². The highest BCUT2D eigenvalue weighted by Gasteiger charge is 2.33. The number of likely N-dealkylation sites (N-methyl/N-ethyl adjacent to an activating group) is 2. The normalized spacial score (nSPS) is 21.4. The molecule has 0 radical (unpaired) electrons. The van der Waals surface area contributed by atoms with Crippen molar-refractivity contribution in [2.75, 3.05) is 83.2 Å². The zero-order chi connectivity index (χ0) is 52.4. The summed E-state index contributed by atoms with van der Waals surface area (Å²) in [5.41, 5.74) is 22.3. The van der Waals surface area contributed by atoms with E-state index in [4.69, 9.17) is 26.1 Å². The van der Waals surface area contributed by atoms with Gasteiger partial charge in [0, 0.05) is 81.3 Å². The van der Waals surface area contributed by atoms with Crippen LogP contribution in [-0.4, -0.2) is 143 Å². The number of piperazine rings is 2. The van der Waals surface area contributed by atoms with Gasteiger partial charge < -0.3 is 31.0 Å². The van der Waals surface area contributed by atoms with Crippen LogP contribution in [0.15, 0.2) is 120 Å². The smallest absolute Gasteiger partial charge is 0.300 e. The van der Waals surface area contributed by atoms with E-state index in [0.717, 1.165) is 137 Å². The molecule has 7 heterocycles. The van der Waals surface area contributed by atoms with Crippen molar-refractivity contribution in [1.29, 1.82) is 5.26 Å². The van der Waals surface area contributed by atoms with Crippen LogP contribution in [0.25, 0.3) is 55.7 Å². The summed E-state index contributed by atoms with van der Waals surface area (Å²) < 4.78 is 10.0. The Morgan fingerprint density at radius 1 is 0.545 bits per heavy atom. The summed E-state index contributed by atoms with van der Waals surface area (Å²) in [4.78, 5) is 32.5. The second-order valence-electron chi connectivity index (χ2n) is 21.4. The maximum Gasteiger partial charge on any atom is 0.300 e. The van der Waals surface area contributed by atoms with Gasteiger partial charge in [-0.1, -0.05) is 78.9 Å². The highest BCUT2D eigenvalue weighted by atomic mass is 16.4. The van der Waals surface area contributed by atoms with Crippen LogP contribution in [0.2, 0.25) is 0 Å². The Hall–Kier alpha value is -7.82. The molecule has 4 aliphatic rings. The first kappa shape index (κ1) is 50.0. The number of nitrogens with zero attached hydrogens (tertiary/aromatic N) is 14. The summed E-state index contributed by atoms with van der Waals surface area (Å²) in [5, 5.41) is 24.9. The van der Waals surface area contributed by atoms with Crippen LogP contribution < -0.4 is 16.8 Å². The van der Waals surface area contributed by atoms with Crippen LogP contribution in [0.5, 0.6) is 0 Å². The molecule has 1 atom stereocenters. The highest BCUT2D eigenvalue weighted by molar-refractivity contribution is 5.99. The number of benzene rings is 4. The summed E-state index contributed by atoms with van der Waals surface area (Å²) >= 11 is 0. The lowest BCUT2D eigenvalue weighted by Gasteiger charge is -2.41. The number of nitrogens with one attached hydrogen (secondary N) is 1. The molecule has 4 fully saturated rings. The fourth-order valence-electron chi connectivity index (χ4n) is 12.2. The molecule has 77 heavy (non-hydrogen) atoms. The average molecular weight is 1030 g/mol. The van der Waals surface area contributed by atoms with Gasteiger partial charge in [-0.15, -0.1) is 0 Å². The van der Waals surface area contributed by atoms with Gasteiger partial charge in [0.05, 0.1) is 34.8 Å². The van der Waals surface area contributed by atoms with Gasteiger partial charge in [0.1, 0.15) is 41.2 Å². The minimum Gasteiger partial charge on any atom is -0.423 e. The fraction of sp³-hybridized carbons (Fsp3) is 0.390. The molecule has 18 heteroatoms. The zero-order valence-corrected chi connectivity index (χ0v) is 44.0. The van der Waals surface area contributed by atoms with E-state index in [1.165, 1.54) is 45.1 Å². The lowest BCUT2D eigenvalue weighted by molar-refractivity contribution is 0.0815. The maximum atomic E-state index is 9.85. The van der Waals surface area contributed by atoms with E-state index >= 15 is 0 Å². The first-order valence-electron chi connectivity index (χ1n) is 27.3. The van der Waals surface area contributed by atoms with E-state index in [-0.39, 0.29) is 5.92 Å². The molecular formula is C59H67N17O. The number of para-hydroxylation sites is 2. The molecule has 394 valence electrons. The monoisotopic (exact) mass is 1030 g/mol. The number of hydrogen-bond acceptors (Lipinski definition) is 16. The lowest BCUT2D eigenvalue weighted by Crippen LogP contribution is -2.49. The molecule has 5 aromatic heterocycles. The molecule has 0 spiro atoms.